The third-order valence-corrected chi connectivity index (χ3v) is 13.1. The van der Waals surface area contributed by atoms with Crippen LogP contribution in [0.5, 0.6) is 0 Å². The molecular formula is C66H45NO. The Hall–Kier alpha value is -8.98. The number of rotatable bonds is 10. The molecule has 0 bridgehead atoms. The SMILES string of the molecule is c1ccc(-c2ccc(-c3ccc(N(c4cccc(-c5cccc6c5oc5ccccc56)c4)c4ccccc4-c4ccccc4-c4cc(-c5ccccc5)ccc4-c4ccccc4)cc3)cc2)cc1. The van der Waals surface area contributed by atoms with Crippen LogP contribution in [0.15, 0.2) is 277 Å². The van der Waals surface area contributed by atoms with Crippen LogP contribution >= 0.6 is 0 Å². The van der Waals surface area contributed by atoms with Gasteiger partial charge in [0.05, 0.1) is 5.69 Å². The van der Waals surface area contributed by atoms with E-state index in [9.17, 15) is 0 Å². The third kappa shape index (κ3) is 7.64. The Labute approximate surface area is 397 Å². The largest absolute Gasteiger partial charge is 0.455 e. The van der Waals surface area contributed by atoms with E-state index in [-0.39, 0.29) is 0 Å². The monoisotopic (exact) mass is 867 g/mol. The summed E-state index contributed by atoms with van der Waals surface area (Å²) in [6.45, 7) is 0. The zero-order valence-corrected chi connectivity index (χ0v) is 37.3. The van der Waals surface area contributed by atoms with Crippen molar-refractivity contribution in [3.63, 3.8) is 0 Å². The lowest BCUT2D eigenvalue weighted by Gasteiger charge is -2.29. The van der Waals surface area contributed by atoms with E-state index >= 15 is 0 Å². The molecule has 0 saturated heterocycles. The molecule has 0 atom stereocenters. The topological polar surface area (TPSA) is 16.4 Å². The summed E-state index contributed by atoms with van der Waals surface area (Å²) in [5, 5.41) is 2.23. The maximum atomic E-state index is 6.59. The Kier molecular flexibility index (Phi) is 10.6. The Bertz CT molecular complexity index is 3700. The van der Waals surface area contributed by atoms with Gasteiger partial charge < -0.3 is 9.32 Å². The van der Waals surface area contributed by atoms with E-state index in [1.54, 1.807) is 0 Å². The van der Waals surface area contributed by atoms with Crippen molar-refractivity contribution in [2.24, 2.45) is 0 Å². The normalized spacial score (nSPS) is 11.2. The first-order chi connectivity index (χ1) is 33.7. The summed E-state index contributed by atoms with van der Waals surface area (Å²) in [5.74, 6) is 0. The predicted octanol–water partition coefficient (Wildman–Crippen LogP) is 18.7. The highest BCUT2D eigenvalue weighted by atomic mass is 16.3. The summed E-state index contributed by atoms with van der Waals surface area (Å²) in [5.41, 5.74) is 21.2. The number of furan rings is 1. The highest BCUT2D eigenvalue weighted by Gasteiger charge is 2.22. The number of para-hydroxylation sites is 3. The molecule has 0 aliphatic heterocycles. The van der Waals surface area contributed by atoms with Gasteiger partial charge in [0.25, 0.3) is 0 Å². The lowest BCUT2D eigenvalue weighted by atomic mass is 9.87. The molecule has 2 nitrogen and oxygen atoms in total. The average Bonchev–Trinajstić information content (AvgIpc) is 3.81. The van der Waals surface area contributed by atoms with Gasteiger partial charge in [-0.1, -0.05) is 231 Å². The lowest BCUT2D eigenvalue weighted by Crippen LogP contribution is -2.11. The van der Waals surface area contributed by atoms with Gasteiger partial charge in [0.1, 0.15) is 11.2 Å². The zero-order valence-electron chi connectivity index (χ0n) is 37.3. The molecular weight excluding hydrogens is 823 g/mol. The summed E-state index contributed by atoms with van der Waals surface area (Å²) in [6, 6.07) is 98.1. The zero-order chi connectivity index (χ0) is 45.2. The Morgan fingerprint density at radius 3 is 1.40 bits per heavy atom. The van der Waals surface area contributed by atoms with Crippen molar-refractivity contribution in [1.82, 2.24) is 0 Å². The van der Waals surface area contributed by atoms with Gasteiger partial charge >= 0.3 is 0 Å². The van der Waals surface area contributed by atoms with Gasteiger partial charge in [-0.15, -0.1) is 0 Å². The van der Waals surface area contributed by atoms with E-state index in [4.69, 9.17) is 4.42 Å². The Morgan fingerprint density at radius 1 is 0.235 bits per heavy atom. The van der Waals surface area contributed by atoms with Crippen LogP contribution in [0.4, 0.5) is 17.1 Å². The molecule has 0 saturated carbocycles. The highest BCUT2D eigenvalue weighted by Crippen LogP contribution is 2.47. The molecule has 0 fully saturated rings. The Balaban J connectivity index is 1.02. The maximum Gasteiger partial charge on any atom is 0.143 e. The molecule has 0 unspecified atom stereocenters. The molecule has 0 N–H and O–H groups in total. The van der Waals surface area contributed by atoms with Crippen LogP contribution in [0.3, 0.4) is 0 Å². The molecule has 11 aromatic carbocycles. The van der Waals surface area contributed by atoms with E-state index in [0.29, 0.717) is 0 Å². The van der Waals surface area contributed by atoms with Gasteiger partial charge in [-0.05, 0) is 109 Å². The number of anilines is 3. The minimum absolute atomic E-state index is 0.889. The summed E-state index contributed by atoms with van der Waals surface area (Å²) < 4.78 is 6.59. The summed E-state index contributed by atoms with van der Waals surface area (Å²) in [7, 11) is 0. The molecule has 1 heterocycles. The van der Waals surface area contributed by atoms with Crippen molar-refractivity contribution < 1.29 is 4.42 Å². The second-order valence-electron chi connectivity index (χ2n) is 17.2. The molecule has 1 aromatic heterocycles. The van der Waals surface area contributed by atoms with Gasteiger partial charge in [-0.25, -0.2) is 0 Å². The summed E-state index contributed by atoms with van der Waals surface area (Å²) in [6.07, 6.45) is 0. The van der Waals surface area contributed by atoms with Crippen molar-refractivity contribution in [1.29, 1.82) is 0 Å². The van der Waals surface area contributed by atoms with E-state index in [1.807, 2.05) is 12.1 Å². The van der Waals surface area contributed by atoms with E-state index < -0.39 is 0 Å². The molecule has 2 heteroatoms. The molecule has 0 aliphatic rings. The molecule has 0 amide bonds. The third-order valence-electron chi connectivity index (χ3n) is 13.1. The number of hydrogen-bond acceptors (Lipinski definition) is 2. The van der Waals surface area contributed by atoms with Crippen LogP contribution in [0.2, 0.25) is 0 Å². The van der Waals surface area contributed by atoms with Crippen molar-refractivity contribution in [3.05, 3.63) is 273 Å². The molecule has 0 aliphatic carbocycles. The van der Waals surface area contributed by atoms with E-state index in [1.165, 1.54) is 44.5 Å². The second kappa shape index (κ2) is 17.8. The van der Waals surface area contributed by atoms with Crippen molar-refractivity contribution in [3.8, 4) is 77.9 Å². The smallest absolute Gasteiger partial charge is 0.143 e. The molecule has 68 heavy (non-hydrogen) atoms. The van der Waals surface area contributed by atoms with Crippen LogP contribution < -0.4 is 4.90 Å². The number of benzene rings is 11. The maximum absolute atomic E-state index is 6.59. The quantitative estimate of drug-likeness (QED) is 0.136. The van der Waals surface area contributed by atoms with E-state index in [2.05, 4.69) is 266 Å². The first kappa shape index (κ1) is 40.5. The van der Waals surface area contributed by atoms with Gasteiger partial charge in [0.15, 0.2) is 0 Å². The number of nitrogens with zero attached hydrogens (tertiary/aromatic N) is 1. The van der Waals surface area contributed by atoms with Gasteiger partial charge in [-0.2, -0.15) is 0 Å². The molecule has 0 radical (unpaired) electrons. The van der Waals surface area contributed by atoms with Crippen LogP contribution in [-0.2, 0) is 0 Å². The van der Waals surface area contributed by atoms with Gasteiger partial charge in [0, 0.05) is 33.3 Å². The van der Waals surface area contributed by atoms with Crippen LogP contribution in [0.25, 0.3) is 99.8 Å². The standard InChI is InChI=1S/C66H45NO/c1-4-18-46(19-5-1)48-34-36-49(37-35-48)50-38-41-54(42-39-50)67(55-25-16-24-53(44-55)57-30-17-31-62-61-29-13-15-33-65(61)68-66(57)62)64-32-14-12-28-60(64)58-26-10-11-27-59(58)63-45-52(47-20-6-2-7-21-47)40-43-56(63)51-22-8-3-9-23-51/h1-45H. The lowest BCUT2D eigenvalue weighted by molar-refractivity contribution is 0.670. The van der Waals surface area contributed by atoms with Crippen molar-refractivity contribution in [2.75, 3.05) is 4.90 Å². The fourth-order valence-corrected chi connectivity index (χ4v) is 9.80. The van der Waals surface area contributed by atoms with Crippen molar-refractivity contribution in [2.45, 2.75) is 0 Å². The fraction of sp³-hybridized carbons (Fsp3) is 0. The minimum Gasteiger partial charge on any atom is -0.455 e. The second-order valence-corrected chi connectivity index (χ2v) is 17.2. The fourth-order valence-electron chi connectivity index (χ4n) is 9.80. The molecule has 12 rings (SSSR count). The minimum atomic E-state index is 0.889. The number of fused-ring (bicyclic) bond motifs is 3. The van der Waals surface area contributed by atoms with Crippen LogP contribution in [0.1, 0.15) is 0 Å². The molecule has 12 aromatic rings. The number of hydrogen-bond donors (Lipinski definition) is 0. The van der Waals surface area contributed by atoms with Gasteiger partial charge in [-0.3, -0.25) is 0 Å². The summed E-state index contributed by atoms with van der Waals surface area (Å²) in [4.78, 5) is 2.41. The van der Waals surface area contributed by atoms with Crippen molar-refractivity contribution >= 4 is 39.0 Å². The van der Waals surface area contributed by atoms with Crippen LogP contribution in [-0.4, -0.2) is 0 Å². The first-order valence-electron chi connectivity index (χ1n) is 23.2. The Morgan fingerprint density at radius 2 is 0.706 bits per heavy atom. The van der Waals surface area contributed by atoms with Crippen LogP contribution in [0, 0.1) is 0 Å². The highest BCUT2D eigenvalue weighted by molar-refractivity contribution is 6.10. The van der Waals surface area contributed by atoms with E-state index in [0.717, 1.165) is 72.4 Å². The summed E-state index contributed by atoms with van der Waals surface area (Å²) >= 11 is 0. The average molecular weight is 868 g/mol. The predicted molar refractivity (Wildman–Crippen MR) is 286 cm³/mol. The molecule has 0 spiro atoms. The molecule has 320 valence electrons. The van der Waals surface area contributed by atoms with Gasteiger partial charge in [0.2, 0.25) is 0 Å². The first-order valence-corrected chi connectivity index (χ1v) is 23.2.